The number of hydrogen-bond donors (Lipinski definition) is 3. The molecule has 7 nitrogen and oxygen atoms in total. The van der Waals surface area contributed by atoms with Gasteiger partial charge in [-0.05, 0) is 36.4 Å². The van der Waals surface area contributed by atoms with E-state index >= 15 is 0 Å². The van der Waals surface area contributed by atoms with Gasteiger partial charge in [-0.1, -0.05) is 34.1 Å². The fourth-order valence-electron chi connectivity index (χ4n) is 2.33. The number of anilines is 1. The molecular formula is C19H18BrNO6. The molecule has 1 amide bonds. The zero-order valence-electron chi connectivity index (χ0n) is 14.3. The number of carboxylic acid groups (broad SMARTS) is 1. The highest BCUT2D eigenvalue weighted by atomic mass is 79.9. The van der Waals surface area contributed by atoms with Crippen molar-refractivity contribution in [3.8, 4) is 5.75 Å². The SMILES string of the molecule is CO[C@H](/C=C/C(=O)O)[C@H](OC(=O)Nc1ccccc1)c1cc(Br)ccc1O. The van der Waals surface area contributed by atoms with Crippen molar-refractivity contribution < 1.29 is 29.3 Å². The van der Waals surface area contributed by atoms with Crippen LogP contribution in [-0.2, 0) is 14.3 Å². The second kappa shape index (κ2) is 9.75. The Morgan fingerprint density at radius 2 is 1.89 bits per heavy atom. The summed E-state index contributed by atoms with van der Waals surface area (Å²) >= 11 is 3.30. The number of carbonyl (C=O) groups excluding carboxylic acids is 1. The lowest BCUT2D eigenvalue weighted by molar-refractivity contribution is -0.131. The number of nitrogens with one attached hydrogen (secondary N) is 1. The molecule has 2 aromatic rings. The number of ether oxygens (including phenoxy) is 2. The summed E-state index contributed by atoms with van der Waals surface area (Å²) in [6.07, 6.45) is -0.691. The van der Waals surface area contributed by atoms with Gasteiger partial charge in [0.25, 0.3) is 0 Å². The van der Waals surface area contributed by atoms with Gasteiger partial charge in [0.05, 0.1) is 0 Å². The lowest BCUT2D eigenvalue weighted by Gasteiger charge is -2.25. The number of benzene rings is 2. The van der Waals surface area contributed by atoms with Gasteiger partial charge in [0.1, 0.15) is 11.9 Å². The first kappa shape index (κ1) is 20.5. The highest BCUT2D eigenvalue weighted by Gasteiger charge is 2.28. The number of amides is 1. The van der Waals surface area contributed by atoms with Gasteiger partial charge in [-0.25, -0.2) is 9.59 Å². The van der Waals surface area contributed by atoms with E-state index in [9.17, 15) is 14.7 Å². The van der Waals surface area contributed by atoms with Crippen molar-refractivity contribution in [1.82, 2.24) is 0 Å². The smallest absolute Gasteiger partial charge is 0.412 e. The van der Waals surface area contributed by atoms with E-state index < -0.39 is 24.3 Å². The molecule has 0 aliphatic rings. The Balaban J connectivity index is 2.32. The number of hydrogen-bond acceptors (Lipinski definition) is 5. The van der Waals surface area contributed by atoms with Crippen LogP contribution in [0.25, 0.3) is 0 Å². The van der Waals surface area contributed by atoms with Crippen molar-refractivity contribution in [3.05, 3.63) is 70.7 Å². The summed E-state index contributed by atoms with van der Waals surface area (Å²) in [4.78, 5) is 23.2. The second-order valence-electron chi connectivity index (χ2n) is 5.42. The minimum atomic E-state index is -1.18. The van der Waals surface area contributed by atoms with Crippen LogP contribution >= 0.6 is 15.9 Å². The Morgan fingerprint density at radius 1 is 1.19 bits per heavy atom. The molecule has 0 spiro atoms. The summed E-state index contributed by atoms with van der Waals surface area (Å²) in [5.74, 6) is -1.30. The van der Waals surface area contributed by atoms with E-state index in [2.05, 4.69) is 21.2 Å². The molecule has 142 valence electrons. The number of halogens is 1. The number of aliphatic carboxylic acids is 1. The van der Waals surface area contributed by atoms with Gasteiger partial charge in [0.2, 0.25) is 0 Å². The lowest BCUT2D eigenvalue weighted by atomic mass is 10.0. The highest BCUT2D eigenvalue weighted by molar-refractivity contribution is 9.10. The van der Waals surface area contributed by atoms with Crippen molar-refractivity contribution in [2.24, 2.45) is 0 Å². The van der Waals surface area contributed by atoms with Gasteiger partial charge in [0, 0.05) is 28.9 Å². The van der Waals surface area contributed by atoms with Crippen molar-refractivity contribution in [3.63, 3.8) is 0 Å². The topological polar surface area (TPSA) is 105 Å². The molecule has 2 atom stereocenters. The Bertz CT molecular complexity index is 824. The van der Waals surface area contributed by atoms with Crippen molar-refractivity contribution in [2.75, 3.05) is 12.4 Å². The number of rotatable bonds is 7. The molecular weight excluding hydrogens is 418 g/mol. The van der Waals surface area contributed by atoms with Crippen LogP contribution in [0.1, 0.15) is 11.7 Å². The first-order valence-electron chi connectivity index (χ1n) is 7.85. The zero-order chi connectivity index (χ0) is 19.8. The molecule has 0 aliphatic carbocycles. The zero-order valence-corrected chi connectivity index (χ0v) is 15.9. The summed E-state index contributed by atoms with van der Waals surface area (Å²) in [5.41, 5.74) is 0.782. The van der Waals surface area contributed by atoms with Gasteiger partial charge >= 0.3 is 12.1 Å². The minimum Gasteiger partial charge on any atom is -0.508 e. The summed E-state index contributed by atoms with van der Waals surface area (Å²) in [7, 11) is 1.34. The first-order chi connectivity index (χ1) is 12.9. The molecule has 2 aromatic carbocycles. The first-order valence-corrected chi connectivity index (χ1v) is 8.65. The number of aromatic hydroxyl groups is 1. The number of carboxylic acids is 1. The number of phenols is 1. The molecule has 0 fully saturated rings. The molecule has 27 heavy (non-hydrogen) atoms. The van der Waals surface area contributed by atoms with E-state index in [-0.39, 0.29) is 11.3 Å². The van der Waals surface area contributed by atoms with Crippen molar-refractivity contribution in [2.45, 2.75) is 12.2 Å². The Hall–Kier alpha value is -2.84. The van der Waals surface area contributed by atoms with E-state index in [0.29, 0.717) is 10.2 Å². The molecule has 0 bridgehead atoms. The van der Waals surface area contributed by atoms with Crippen LogP contribution in [0.3, 0.4) is 0 Å². The maximum Gasteiger partial charge on any atom is 0.412 e. The summed E-state index contributed by atoms with van der Waals surface area (Å²) in [6.45, 7) is 0. The van der Waals surface area contributed by atoms with E-state index in [0.717, 1.165) is 6.08 Å². The molecule has 0 saturated heterocycles. The van der Waals surface area contributed by atoms with Crippen LogP contribution in [0.2, 0.25) is 0 Å². The third-order valence-electron chi connectivity index (χ3n) is 3.55. The lowest BCUT2D eigenvalue weighted by Crippen LogP contribution is -2.27. The molecule has 0 aliphatic heterocycles. The van der Waals surface area contributed by atoms with Crippen LogP contribution < -0.4 is 5.32 Å². The van der Waals surface area contributed by atoms with Gasteiger partial charge < -0.3 is 19.7 Å². The average molecular weight is 436 g/mol. The fourth-order valence-corrected chi connectivity index (χ4v) is 2.70. The van der Waals surface area contributed by atoms with Gasteiger partial charge in [-0.15, -0.1) is 0 Å². The van der Waals surface area contributed by atoms with Gasteiger partial charge in [-0.3, -0.25) is 5.32 Å². The number of phenolic OH excluding ortho intramolecular Hbond substituents is 1. The van der Waals surface area contributed by atoms with Crippen LogP contribution in [0.15, 0.2) is 65.2 Å². The van der Waals surface area contributed by atoms with E-state index in [1.807, 2.05) is 0 Å². The Labute approximate surface area is 164 Å². The molecule has 0 aromatic heterocycles. The predicted octanol–water partition coefficient (Wildman–Crippen LogP) is 4.10. The molecule has 3 N–H and O–H groups in total. The second-order valence-corrected chi connectivity index (χ2v) is 6.33. The Kier molecular flexibility index (Phi) is 7.39. The number of carbonyl (C=O) groups is 2. The standard InChI is InChI=1S/C19H18BrNO6/c1-26-16(9-10-17(23)24)18(14-11-12(20)7-8-15(14)22)27-19(25)21-13-5-3-2-4-6-13/h2-11,16,18,22H,1H3,(H,21,25)(H,23,24)/b10-9+/t16-,18-/m1/s1. The molecule has 0 radical (unpaired) electrons. The van der Waals surface area contributed by atoms with Crippen LogP contribution in [0, 0.1) is 0 Å². The third kappa shape index (κ3) is 6.12. The largest absolute Gasteiger partial charge is 0.508 e. The average Bonchev–Trinajstić information content (AvgIpc) is 2.64. The van der Waals surface area contributed by atoms with E-state index in [1.165, 1.54) is 19.3 Å². The summed E-state index contributed by atoms with van der Waals surface area (Å²) < 4.78 is 11.4. The number of para-hydroxylation sites is 1. The molecule has 8 heteroatoms. The van der Waals surface area contributed by atoms with Gasteiger partial charge in [0.15, 0.2) is 6.10 Å². The summed E-state index contributed by atoms with van der Waals surface area (Å²) in [6, 6.07) is 13.3. The molecule has 0 unspecified atom stereocenters. The molecule has 0 saturated carbocycles. The Morgan fingerprint density at radius 3 is 2.52 bits per heavy atom. The molecule has 2 rings (SSSR count). The number of methoxy groups -OCH3 is 1. The highest BCUT2D eigenvalue weighted by Crippen LogP contribution is 2.33. The monoisotopic (exact) mass is 435 g/mol. The van der Waals surface area contributed by atoms with Gasteiger partial charge in [-0.2, -0.15) is 0 Å². The van der Waals surface area contributed by atoms with Crippen LogP contribution in [-0.4, -0.2) is 35.5 Å². The van der Waals surface area contributed by atoms with Crippen LogP contribution in [0.5, 0.6) is 5.75 Å². The van der Waals surface area contributed by atoms with E-state index in [1.54, 1.807) is 42.5 Å². The van der Waals surface area contributed by atoms with Crippen molar-refractivity contribution in [1.29, 1.82) is 0 Å². The third-order valence-corrected chi connectivity index (χ3v) is 4.04. The minimum absolute atomic E-state index is 0.124. The predicted molar refractivity (Wildman–Crippen MR) is 103 cm³/mol. The van der Waals surface area contributed by atoms with Crippen LogP contribution in [0.4, 0.5) is 10.5 Å². The maximum atomic E-state index is 12.3. The van der Waals surface area contributed by atoms with Crippen molar-refractivity contribution >= 4 is 33.7 Å². The fraction of sp³-hybridized carbons (Fsp3) is 0.158. The quantitative estimate of drug-likeness (QED) is 0.565. The summed E-state index contributed by atoms with van der Waals surface area (Å²) in [5, 5.41) is 21.6. The molecule has 0 heterocycles. The maximum absolute atomic E-state index is 12.3. The normalized spacial score (nSPS) is 13.1. The van der Waals surface area contributed by atoms with E-state index in [4.69, 9.17) is 14.6 Å².